The fraction of sp³-hybridized carbons (Fsp3) is 0.500. The van der Waals surface area contributed by atoms with E-state index in [4.69, 9.17) is 0 Å². The first kappa shape index (κ1) is 23.9. The molecule has 0 heterocycles. The Bertz CT molecular complexity index is 694. The molecular formula is C14H9F11O3. The highest BCUT2D eigenvalue weighted by molar-refractivity contribution is 5.81. The lowest BCUT2D eigenvalue weighted by molar-refractivity contribution is -0.474. The summed E-state index contributed by atoms with van der Waals surface area (Å²) in [6.07, 6.45) is -20.6. The van der Waals surface area contributed by atoms with E-state index < -0.39 is 42.0 Å². The molecule has 0 radical (unpaired) electrons. The van der Waals surface area contributed by atoms with Gasteiger partial charge in [0.05, 0.1) is 0 Å². The van der Waals surface area contributed by atoms with Gasteiger partial charge in [-0.15, -0.1) is 0 Å². The molecule has 0 bridgehead atoms. The Morgan fingerprint density at radius 1 is 0.821 bits per heavy atom. The molecule has 0 N–H and O–H groups in total. The number of benzene rings is 1. The number of alkyl halides is 11. The van der Waals surface area contributed by atoms with Gasteiger partial charge in [-0.3, -0.25) is 4.74 Å². The molecular weight excluding hydrogens is 425 g/mol. The van der Waals surface area contributed by atoms with Crippen LogP contribution in [-0.2, 0) is 16.0 Å². The average Bonchev–Trinajstić information content (AvgIpc) is 2.52. The fourth-order valence-corrected chi connectivity index (χ4v) is 1.59. The third-order valence-corrected chi connectivity index (χ3v) is 3.16. The number of ether oxygens (including phenoxy) is 2. The van der Waals surface area contributed by atoms with Crippen molar-refractivity contribution in [2.45, 2.75) is 43.6 Å². The van der Waals surface area contributed by atoms with Crippen LogP contribution >= 0.6 is 0 Å². The first-order chi connectivity index (χ1) is 12.4. The summed E-state index contributed by atoms with van der Waals surface area (Å²) in [6.45, 7) is 1.65. The van der Waals surface area contributed by atoms with E-state index in [0.29, 0.717) is 12.0 Å². The first-order valence-electron chi connectivity index (χ1n) is 6.98. The van der Waals surface area contributed by atoms with Gasteiger partial charge in [-0.1, -0.05) is 19.1 Å². The third-order valence-electron chi connectivity index (χ3n) is 3.16. The standard InChI is InChI=1S/C14H9F11O3/c1-2-7-3-5-8(6-4-7)27-9(26)10(15,12(18,19)20)28-14(24,25)11(16,17)13(21,22)23/h3-6H,2H2,1H3/t10-/m1/s1. The zero-order chi connectivity index (χ0) is 22.2. The summed E-state index contributed by atoms with van der Waals surface area (Å²) in [5, 5.41) is 0. The molecule has 28 heavy (non-hydrogen) atoms. The van der Waals surface area contributed by atoms with Crippen molar-refractivity contribution in [1.82, 2.24) is 0 Å². The van der Waals surface area contributed by atoms with Crippen LogP contribution in [0.4, 0.5) is 48.3 Å². The van der Waals surface area contributed by atoms with Crippen molar-refractivity contribution >= 4 is 5.97 Å². The van der Waals surface area contributed by atoms with Gasteiger partial charge >= 0.3 is 36.2 Å². The van der Waals surface area contributed by atoms with Crippen LogP contribution in [0.15, 0.2) is 24.3 Å². The maximum Gasteiger partial charge on any atom is 0.462 e. The van der Waals surface area contributed by atoms with E-state index in [2.05, 4.69) is 9.47 Å². The summed E-state index contributed by atoms with van der Waals surface area (Å²) in [5.74, 6) is -17.8. The van der Waals surface area contributed by atoms with E-state index >= 15 is 0 Å². The van der Waals surface area contributed by atoms with Gasteiger partial charge in [-0.2, -0.15) is 48.3 Å². The SMILES string of the molecule is CCc1ccc(OC(=O)[C@@](F)(OC(F)(F)C(F)(F)C(F)(F)F)C(F)(F)F)cc1. The monoisotopic (exact) mass is 434 g/mol. The smallest absolute Gasteiger partial charge is 0.422 e. The highest BCUT2D eigenvalue weighted by atomic mass is 19.4. The number of esters is 1. The number of hydrogen-bond acceptors (Lipinski definition) is 3. The number of hydrogen-bond donors (Lipinski definition) is 0. The summed E-state index contributed by atoms with van der Waals surface area (Å²) in [6, 6.07) is 3.94. The van der Waals surface area contributed by atoms with Crippen molar-refractivity contribution in [3.63, 3.8) is 0 Å². The topological polar surface area (TPSA) is 35.5 Å². The van der Waals surface area contributed by atoms with Crippen LogP contribution in [-0.4, -0.2) is 36.2 Å². The summed E-state index contributed by atoms with van der Waals surface area (Å²) in [7, 11) is 0. The molecule has 0 unspecified atom stereocenters. The molecule has 1 aromatic rings. The van der Waals surface area contributed by atoms with E-state index in [1.54, 1.807) is 6.92 Å². The van der Waals surface area contributed by atoms with E-state index in [1.807, 2.05) is 0 Å². The van der Waals surface area contributed by atoms with Crippen molar-refractivity contribution in [3.8, 4) is 5.75 Å². The van der Waals surface area contributed by atoms with Gasteiger partial charge in [-0.25, -0.2) is 4.79 Å². The van der Waals surface area contributed by atoms with E-state index in [0.717, 1.165) is 12.1 Å². The number of carbonyl (C=O) groups excluding carboxylic acids is 1. The second-order valence-electron chi connectivity index (χ2n) is 5.17. The van der Waals surface area contributed by atoms with Crippen LogP contribution in [0, 0.1) is 0 Å². The molecule has 0 aliphatic heterocycles. The minimum atomic E-state index is -7.26. The van der Waals surface area contributed by atoms with Crippen LogP contribution < -0.4 is 4.74 Å². The van der Waals surface area contributed by atoms with Crippen LogP contribution in [0.25, 0.3) is 0 Å². The highest BCUT2D eigenvalue weighted by Gasteiger charge is 2.80. The molecule has 3 nitrogen and oxygen atoms in total. The summed E-state index contributed by atoms with van der Waals surface area (Å²) < 4.78 is 146. The molecule has 0 spiro atoms. The lowest BCUT2D eigenvalue weighted by Gasteiger charge is -2.33. The number of aryl methyl sites for hydroxylation is 1. The quantitative estimate of drug-likeness (QED) is 0.351. The van der Waals surface area contributed by atoms with Gasteiger partial charge in [0.25, 0.3) is 0 Å². The molecule has 0 aliphatic carbocycles. The Hall–Kier alpha value is -2.12. The lowest BCUT2D eigenvalue weighted by atomic mass is 10.2. The van der Waals surface area contributed by atoms with E-state index in [-0.39, 0.29) is 0 Å². The van der Waals surface area contributed by atoms with Crippen LogP contribution in [0.1, 0.15) is 12.5 Å². The summed E-state index contributed by atoms with van der Waals surface area (Å²) in [4.78, 5) is 11.4. The molecule has 1 rings (SSSR count). The fourth-order valence-electron chi connectivity index (χ4n) is 1.59. The van der Waals surface area contributed by atoms with Crippen molar-refractivity contribution in [2.75, 3.05) is 0 Å². The molecule has 1 aromatic carbocycles. The van der Waals surface area contributed by atoms with E-state index in [1.165, 1.54) is 12.1 Å². The zero-order valence-electron chi connectivity index (χ0n) is 13.4. The van der Waals surface area contributed by atoms with Gasteiger partial charge in [0.2, 0.25) is 0 Å². The van der Waals surface area contributed by atoms with Crippen LogP contribution in [0.2, 0.25) is 0 Å². The second kappa shape index (κ2) is 7.37. The highest BCUT2D eigenvalue weighted by Crippen LogP contribution is 2.51. The van der Waals surface area contributed by atoms with Crippen LogP contribution in [0.3, 0.4) is 0 Å². The summed E-state index contributed by atoms with van der Waals surface area (Å²) in [5.41, 5.74) is 0.551. The molecule has 14 heteroatoms. The molecule has 0 aliphatic rings. The molecule has 0 fully saturated rings. The Kier molecular flexibility index (Phi) is 6.29. The number of rotatable bonds is 6. The molecule has 0 saturated carbocycles. The third kappa shape index (κ3) is 4.47. The molecule has 160 valence electrons. The maximum absolute atomic E-state index is 13.9. The van der Waals surface area contributed by atoms with Gasteiger partial charge < -0.3 is 4.74 Å². The average molecular weight is 434 g/mol. The van der Waals surface area contributed by atoms with Gasteiger partial charge in [0.15, 0.2) is 0 Å². The normalized spacial score (nSPS) is 15.9. The Labute approximate surface area is 149 Å². The minimum absolute atomic E-state index is 0.408. The Balaban J connectivity index is 3.26. The minimum Gasteiger partial charge on any atom is -0.422 e. The van der Waals surface area contributed by atoms with E-state index in [9.17, 15) is 53.1 Å². The number of carbonyl (C=O) groups is 1. The predicted molar refractivity (Wildman–Crippen MR) is 68.4 cm³/mol. The molecule has 0 aromatic heterocycles. The van der Waals surface area contributed by atoms with Gasteiger partial charge in [0, 0.05) is 0 Å². The van der Waals surface area contributed by atoms with Crippen molar-refractivity contribution in [3.05, 3.63) is 29.8 Å². The van der Waals surface area contributed by atoms with Crippen molar-refractivity contribution in [1.29, 1.82) is 0 Å². The Morgan fingerprint density at radius 3 is 1.64 bits per heavy atom. The zero-order valence-corrected chi connectivity index (χ0v) is 13.4. The van der Waals surface area contributed by atoms with Crippen molar-refractivity contribution < 1.29 is 62.6 Å². The van der Waals surface area contributed by atoms with Crippen molar-refractivity contribution in [2.24, 2.45) is 0 Å². The second-order valence-corrected chi connectivity index (χ2v) is 5.17. The molecule has 0 amide bonds. The Morgan fingerprint density at radius 2 is 1.29 bits per heavy atom. The molecule has 0 saturated heterocycles. The van der Waals surface area contributed by atoms with Gasteiger partial charge in [0.1, 0.15) is 5.75 Å². The predicted octanol–water partition coefficient (Wildman–Crippen LogP) is 5.19. The first-order valence-corrected chi connectivity index (χ1v) is 6.98. The lowest BCUT2D eigenvalue weighted by Crippen LogP contribution is -2.62. The largest absolute Gasteiger partial charge is 0.462 e. The van der Waals surface area contributed by atoms with Crippen LogP contribution in [0.5, 0.6) is 5.75 Å². The number of halogens is 11. The summed E-state index contributed by atoms with van der Waals surface area (Å²) >= 11 is 0. The maximum atomic E-state index is 13.9. The van der Waals surface area contributed by atoms with Gasteiger partial charge in [-0.05, 0) is 24.1 Å². The molecule has 1 atom stereocenters.